The lowest BCUT2D eigenvalue weighted by Crippen LogP contribution is -2.36. The average Bonchev–Trinajstić information content (AvgIpc) is 2.91. The van der Waals surface area contributed by atoms with Gasteiger partial charge in [-0.05, 0) is 62.0 Å². The van der Waals surface area contributed by atoms with Gasteiger partial charge in [-0.3, -0.25) is 4.79 Å². The molecule has 2 aliphatic rings. The van der Waals surface area contributed by atoms with Crippen LogP contribution in [0, 0.1) is 11.8 Å². The summed E-state index contributed by atoms with van der Waals surface area (Å²) in [4.78, 5) is 14.3. The Labute approximate surface area is 131 Å². The lowest BCUT2D eigenvalue weighted by molar-refractivity contribution is -0.133. The Hall–Kier alpha value is -1.75. The van der Waals surface area contributed by atoms with Crippen molar-refractivity contribution in [3.05, 3.63) is 24.3 Å². The first-order chi connectivity index (χ1) is 10.8. The molecule has 2 heterocycles. The van der Waals surface area contributed by atoms with Crippen LogP contribution in [0.3, 0.4) is 0 Å². The van der Waals surface area contributed by atoms with Crippen molar-refractivity contribution in [3.63, 3.8) is 0 Å². The summed E-state index contributed by atoms with van der Waals surface area (Å²) in [5.41, 5.74) is 0. The molecule has 2 fully saturated rings. The fourth-order valence-electron chi connectivity index (χ4n) is 3.38. The van der Waals surface area contributed by atoms with Crippen LogP contribution in [-0.2, 0) is 4.79 Å². The molecule has 5 heteroatoms. The van der Waals surface area contributed by atoms with E-state index in [1.807, 2.05) is 29.2 Å². The number of amides is 1. The highest BCUT2D eigenvalue weighted by molar-refractivity contribution is 5.77. The highest BCUT2D eigenvalue weighted by atomic mass is 16.5. The predicted molar refractivity (Wildman–Crippen MR) is 84.2 cm³/mol. The maximum absolute atomic E-state index is 12.3. The number of ether oxygens (including phenoxy) is 2. The summed E-state index contributed by atoms with van der Waals surface area (Å²) in [6.07, 6.45) is 2.21. The fraction of sp³-hybridized carbons (Fsp3) is 0.588. The van der Waals surface area contributed by atoms with Gasteiger partial charge in [-0.2, -0.15) is 0 Å². The number of hydrogen-bond acceptors (Lipinski definition) is 4. The molecule has 1 N–H and O–H groups in total. The van der Waals surface area contributed by atoms with Crippen molar-refractivity contribution < 1.29 is 14.3 Å². The van der Waals surface area contributed by atoms with Crippen molar-refractivity contribution >= 4 is 5.91 Å². The third-order valence-corrected chi connectivity index (χ3v) is 4.79. The Morgan fingerprint density at radius 1 is 1.14 bits per heavy atom. The molecule has 0 spiro atoms. The SMILES string of the molecule is COc1ccc(OCC(=O)N2CC[C@@H]3CNC[C@@H]3CC2)cc1. The lowest BCUT2D eigenvalue weighted by atomic mass is 9.92. The van der Waals surface area contributed by atoms with Gasteiger partial charge in [0.05, 0.1) is 7.11 Å². The number of nitrogens with zero attached hydrogens (tertiary/aromatic N) is 1. The van der Waals surface area contributed by atoms with Gasteiger partial charge in [0, 0.05) is 13.1 Å². The highest BCUT2D eigenvalue weighted by Crippen LogP contribution is 2.27. The predicted octanol–water partition coefficient (Wildman–Crippen LogP) is 1.53. The van der Waals surface area contributed by atoms with E-state index >= 15 is 0 Å². The molecule has 0 aromatic heterocycles. The second-order valence-electron chi connectivity index (χ2n) is 6.10. The van der Waals surface area contributed by atoms with Crippen LogP contribution in [0.2, 0.25) is 0 Å². The normalized spacial score (nSPS) is 24.5. The summed E-state index contributed by atoms with van der Waals surface area (Å²) in [7, 11) is 1.63. The van der Waals surface area contributed by atoms with Crippen LogP contribution in [0.1, 0.15) is 12.8 Å². The van der Waals surface area contributed by atoms with E-state index in [1.54, 1.807) is 7.11 Å². The van der Waals surface area contributed by atoms with E-state index in [4.69, 9.17) is 9.47 Å². The van der Waals surface area contributed by atoms with Gasteiger partial charge in [0.25, 0.3) is 5.91 Å². The van der Waals surface area contributed by atoms with Crippen LogP contribution in [0.4, 0.5) is 0 Å². The monoisotopic (exact) mass is 304 g/mol. The van der Waals surface area contributed by atoms with Crippen LogP contribution >= 0.6 is 0 Å². The maximum atomic E-state index is 12.3. The van der Waals surface area contributed by atoms with Gasteiger partial charge in [-0.25, -0.2) is 0 Å². The molecule has 2 saturated heterocycles. The zero-order valence-corrected chi connectivity index (χ0v) is 13.1. The van der Waals surface area contributed by atoms with Gasteiger partial charge in [-0.15, -0.1) is 0 Å². The standard InChI is InChI=1S/C17H24N2O3/c1-21-15-2-4-16(5-3-15)22-12-17(20)19-8-6-13-10-18-11-14(13)7-9-19/h2-5,13-14,18H,6-12H2,1H3/t13-,14+. The van der Waals surface area contributed by atoms with E-state index in [-0.39, 0.29) is 12.5 Å². The molecule has 0 bridgehead atoms. The number of carbonyl (C=O) groups is 1. The van der Waals surface area contributed by atoms with E-state index < -0.39 is 0 Å². The van der Waals surface area contributed by atoms with Crippen LogP contribution < -0.4 is 14.8 Å². The molecule has 2 atom stereocenters. The van der Waals surface area contributed by atoms with E-state index in [9.17, 15) is 4.79 Å². The minimum Gasteiger partial charge on any atom is -0.497 e. The molecule has 1 aromatic carbocycles. The molecule has 5 nitrogen and oxygen atoms in total. The number of likely N-dealkylation sites (tertiary alicyclic amines) is 1. The molecule has 2 aliphatic heterocycles. The molecule has 3 rings (SSSR count). The molecule has 0 aliphatic carbocycles. The fourth-order valence-corrected chi connectivity index (χ4v) is 3.38. The summed E-state index contributed by atoms with van der Waals surface area (Å²) in [6, 6.07) is 7.31. The third-order valence-electron chi connectivity index (χ3n) is 4.79. The Kier molecular flexibility index (Phi) is 4.83. The van der Waals surface area contributed by atoms with Crippen molar-refractivity contribution in [3.8, 4) is 11.5 Å². The zero-order chi connectivity index (χ0) is 15.4. The molecule has 0 unspecified atom stereocenters. The highest BCUT2D eigenvalue weighted by Gasteiger charge is 2.31. The average molecular weight is 304 g/mol. The Balaban J connectivity index is 1.48. The molecule has 0 saturated carbocycles. The summed E-state index contributed by atoms with van der Waals surface area (Å²) < 4.78 is 10.7. The van der Waals surface area contributed by atoms with Crippen molar-refractivity contribution in [2.75, 3.05) is 39.9 Å². The maximum Gasteiger partial charge on any atom is 0.260 e. The first kappa shape index (κ1) is 15.2. The third kappa shape index (κ3) is 3.53. The topological polar surface area (TPSA) is 50.8 Å². The van der Waals surface area contributed by atoms with Crippen molar-refractivity contribution in [2.45, 2.75) is 12.8 Å². The summed E-state index contributed by atoms with van der Waals surface area (Å²) in [5, 5.41) is 3.45. The molecular formula is C17H24N2O3. The van der Waals surface area contributed by atoms with Crippen LogP contribution in [0.5, 0.6) is 11.5 Å². The lowest BCUT2D eigenvalue weighted by Gasteiger charge is -2.21. The number of hydrogen-bond donors (Lipinski definition) is 1. The van der Waals surface area contributed by atoms with Gasteiger partial charge >= 0.3 is 0 Å². The summed E-state index contributed by atoms with van der Waals surface area (Å²) in [6.45, 7) is 4.03. The summed E-state index contributed by atoms with van der Waals surface area (Å²) >= 11 is 0. The number of benzene rings is 1. The minimum atomic E-state index is 0.0868. The van der Waals surface area contributed by atoms with E-state index in [0.717, 1.165) is 56.6 Å². The zero-order valence-electron chi connectivity index (χ0n) is 13.1. The van der Waals surface area contributed by atoms with Crippen LogP contribution in [0.25, 0.3) is 0 Å². The number of nitrogens with one attached hydrogen (secondary N) is 1. The number of carbonyl (C=O) groups excluding carboxylic acids is 1. The molecule has 1 aromatic rings. The van der Waals surface area contributed by atoms with E-state index in [2.05, 4.69) is 5.32 Å². The van der Waals surface area contributed by atoms with Crippen molar-refractivity contribution in [1.82, 2.24) is 10.2 Å². The van der Waals surface area contributed by atoms with Gasteiger partial charge in [-0.1, -0.05) is 0 Å². The number of fused-ring (bicyclic) bond motifs is 1. The van der Waals surface area contributed by atoms with Gasteiger partial charge in [0.1, 0.15) is 11.5 Å². The summed E-state index contributed by atoms with van der Waals surface area (Å²) in [5.74, 6) is 3.04. The van der Waals surface area contributed by atoms with Crippen molar-refractivity contribution in [1.29, 1.82) is 0 Å². The second kappa shape index (κ2) is 7.01. The smallest absolute Gasteiger partial charge is 0.260 e. The van der Waals surface area contributed by atoms with Gasteiger partial charge in [0.2, 0.25) is 0 Å². The van der Waals surface area contributed by atoms with Gasteiger partial charge in [0.15, 0.2) is 6.61 Å². The number of methoxy groups -OCH3 is 1. The second-order valence-corrected chi connectivity index (χ2v) is 6.10. The Morgan fingerprint density at radius 2 is 1.73 bits per heavy atom. The van der Waals surface area contributed by atoms with E-state index in [1.165, 1.54) is 0 Å². The van der Waals surface area contributed by atoms with Crippen LogP contribution in [0.15, 0.2) is 24.3 Å². The Bertz CT molecular complexity index is 489. The molecule has 1 amide bonds. The first-order valence-corrected chi connectivity index (χ1v) is 8.01. The Morgan fingerprint density at radius 3 is 2.32 bits per heavy atom. The quantitative estimate of drug-likeness (QED) is 0.916. The van der Waals surface area contributed by atoms with Crippen LogP contribution in [-0.4, -0.2) is 50.7 Å². The molecule has 22 heavy (non-hydrogen) atoms. The minimum absolute atomic E-state index is 0.0868. The van der Waals surface area contributed by atoms with Gasteiger partial charge < -0.3 is 19.7 Å². The molecule has 120 valence electrons. The molecular weight excluding hydrogens is 280 g/mol. The van der Waals surface area contributed by atoms with Crippen molar-refractivity contribution in [2.24, 2.45) is 11.8 Å². The molecule has 0 radical (unpaired) electrons. The van der Waals surface area contributed by atoms with E-state index in [0.29, 0.717) is 5.75 Å². The number of rotatable bonds is 4. The first-order valence-electron chi connectivity index (χ1n) is 8.01. The largest absolute Gasteiger partial charge is 0.497 e.